The van der Waals surface area contributed by atoms with Crippen molar-refractivity contribution in [3.63, 3.8) is 0 Å². The van der Waals surface area contributed by atoms with Crippen LogP contribution in [-0.4, -0.2) is 23.7 Å². The molecule has 0 saturated heterocycles. The monoisotopic (exact) mass is 487 g/mol. The molecule has 0 radical (unpaired) electrons. The molecule has 1 spiro atoms. The molecule has 0 unspecified atom stereocenters. The van der Waals surface area contributed by atoms with Gasteiger partial charge in [0.25, 0.3) is 5.91 Å². The van der Waals surface area contributed by atoms with Crippen LogP contribution < -0.4 is 9.64 Å². The quantitative estimate of drug-likeness (QED) is 0.459. The van der Waals surface area contributed by atoms with Gasteiger partial charge in [0.15, 0.2) is 0 Å². The summed E-state index contributed by atoms with van der Waals surface area (Å²) in [5.41, 5.74) is 5.74. The summed E-state index contributed by atoms with van der Waals surface area (Å²) >= 11 is 3.60. The number of amides is 1. The first kappa shape index (κ1) is 19.6. The van der Waals surface area contributed by atoms with Gasteiger partial charge in [-0.1, -0.05) is 57.4 Å². The molecule has 0 saturated carbocycles. The Morgan fingerprint density at radius 3 is 2.56 bits per heavy atom. The first-order valence-corrected chi connectivity index (χ1v) is 11.5. The van der Waals surface area contributed by atoms with Crippen LogP contribution in [0.25, 0.3) is 0 Å². The van der Waals surface area contributed by atoms with E-state index in [-0.39, 0.29) is 11.9 Å². The first-order valence-electron chi connectivity index (χ1n) is 10.7. The summed E-state index contributed by atoms with van der Waals surface area (Å²) in [5.74, 6) is 0.608. The minimum absolute atomic E-state index is 0.101. The van der Waals surface area contributed by atoms with Crippen molar-refractivity contribution in [3.05, 3.63) is 93.0 Å². The largest absolute Gasteiger partial charge is 0.453 e. The van der Waals surface area contributed by atoms with Crippen LogP contribution in [0.3, 0.4) is 0 Å². The molecule has 5 nitrogen and oxygen atoms in total. The van der Waals surface area contributed by atoms with Crippen molar-refractivity contribution < 1.29 is 9.53 Å². The van der Waals surface area contributed by atoms with Crippen LogP contribution >= 0.6 is 15.9 Å². The summed E-state index contributed by atoms with van der Waals surface area (Å²) < 4.78 is 7.60. The molecule has 0 fully saturated rings. The Morgan fingerprint density at radius 1 is 1.03 bits per heavy atom. The molecule has 1 amide bonds. The third kappa shape index (κ3) is 2.56. The average molecular weight is 488 g/mol. The number of carbonyl (C=O) groups is 1. The lowest BCUT2D eigenvalue weighted by Gasteiger charge is -2.44. The molecule has 3 heterocycles. The molecule has 0 bridgehead atoms. The molecular weight excluding hydrogens is 466 g/mol. The van der Waals surface area contributed by atoms with E-state index in [1.165, 1.54) is 5.56 Å². The normalized spacial score (nSPS) is 23.1. The minimum atomic E-state index is -1.31. The van der Waals surface area contributed by atoms with E-state index in [2.05, 4.69) is 59.3 Å². The second kappa shape index (κ2) is 6.69. The molecule has 160 valence electrons. The van der Waals surface area contributed by atoms with Crippen molar-refractivity contribution in [1.29, 1.82) is 0 Å². The number of hydrazone groups is 1. The van der Waals surface area contributed by atoms with Gasteiger partial charge < -0.3 is 9.64 Å². The topological polar surface area (TPSA) is 45.1 Å². The number of hydrogen-bond donors (Lipinski definition) is 0. The molecular formula is C26H22BrN3O2. The highest BCUT2D eigenvalue weighted by molar-refractivity contribution is 9.10. The van der Waals surface area contributed by atoms with Crippen LogP contribution in [0.2, 0.25) is 0 Å². The van der Waals surface area contributed by atoms with Crippen molar-refractivity contribution in [2.75, 3.05) is 11.9 Å². The number of benzene rings is 3. The van der Waals surface area contributed by atoms with Crippen molar-refractivity contribution in [3.8, 4) is 5.75 Å². The maximum Gasteiger partial charge on any atom is 0.306 e. The van der Waals surface area contributed by atoms with Crippen LogP contribution in [0.15, 0.2) is 70.2 Å². The molecule has 2 atom stereocenters. The lowest BCUT2D eigenvalue weighted by atomic mass is 9.92. The van der Waals surface area contributed by atoms with Gasteiger partial charge in [-0.3, -0.25) is 4.79 Å². The van der Waals surface area contributed by atoms with E-state index in [0.717, 1.165) is 43.9 Å². The second-order valence-corrected chi connectivity index (χ2v) is 9.71. The fraction of sp³-hybridized carbons (Fsp3) is 0.231. The number of nitrogens with zero attached hydrogens (tertiary/aromatic N) is 3. The number of anilines is 1. The summed E-state index contributed by atoms with van der Waals surface area (Å²) in [6.07, 6.45) is 0.704. The number of rotatable bonds is 1. The third-order valence-electron chi connectivity index (χ3n) is 6.68. The van der Waals surface area contributed by atoms with Gasteiger partial charge >= 0.3 is 5.72 Å². The SMILES string of the molecule is Cc1ccc(C2=NN3[C@@H](C2)c2cc(Br)ccc2O[C@@]32C(=O)N(C)c3ccc(C)cc32)cc1. The van der Waals surface area contributed by atoms with E-state index >= 15 is 0 Å². The summed E-state index contributed by atoms with van der Waals surface area (Å²) in [4.78, 5) is 15.5. The van der Waals surface area contributed by atoms with Gasteiger partial charge in [0.2, 0.25) is 0 Å². The molecule has 3 aromatic rings. The Labute approximate surface area is 195 Å². The summed E-state index contributed by atoms with van der Waals surface area (Å²) in [6, 6.07) is 20.3. The van der Waals surface area contributed by atoms with Crippen molar-refractivity contribution in [2.45, 2.75) is 32.0 Å². The van der Waals surface area contributed by atoms with Gasteiger partial charge in [-0.25, -0.2) is 5.01 Å². The fourth-order valence-electron chi connectivity index (χ4n) is 5.03. The summed E-state index contributed by atoms with van der Waals surface area (Å²) in [6.45, 7) is 4.11. The van der Waals surface area contributed by atoms with E-state index in [4.69, 9.17) is 9.84 Å². The Morgan fingerprint density at radius 2 is 1.78 bits per heavy atom. The van der Waals surface area contributed by atoms with Crippen LogP contribution in [-0.2, 0) is 10.5 Å². The Kier molecular flexibility index (Phi) is 4.09. The van der Waals surface area contributed by atoms with Crippen molar-refractivity contribution in [2.24, 2.45) is 5.10 Å². The second-order valence-electron chi connectivity index (χ2n) is 8.79. The Bertz CT molecular complexity index is 1320. The number of aryl methyl sites for hydroxylation is 2. The molecule has 3 aliphatic heterocycles. The molecule has 32 heavy (non-hydrogen) atoms. The van der Waals surface area contributed by atoms with Gasteiger partial charge in [-0.15, -0.1) is 0 Å². The fourth-order valence-corrected chi connectivity index (χ4v) is 5.41. The molecule has 6 rings (SSSR count). The maximum atomic E-state index is 13.8. The van der Waals surface area contributed by atoms with E-state index < -0.39 is 5.72 Å². The van der Waals surface area contributed by atoms with E-state index in [9.17, 15) is 4.79 Å². The number of fused-ring (bicyclic) bond motifs is 6. The third-order valence-corrected chi connectivity index (χ3v) is 7.17. The Balaban J connectivity index is 1.59. The van der Waals surface area contributed by atoms with E-state index in [1.807, 2.05) is 36.2 Å². The predicted molar refractivity (Wildman–Crippen MR) is 128 cm³/mol. The van der Waals surface area contributed by atoms with Crippen LogP contribution in [0.5, 0.6) is 5.75 Å². The van der Waals surface area contributed by atoms with Gasteiger partial charge in [0.1, 0.15) is 5.75 Å². The van der Waals surface area contributed by atoms with E-state index in [0.29, 0.717) is 6.42 Å². The molecule has 3 aromatic carbocycles. The number of halogens is 1. The first-order chi connectivity index (χ1) is 15.4. The minimum Gasteiger partial charge on any atom is -0.453 e. The number of likely N-dealkylation sites (N-methyl/N-ethyl adjacent to an activating group) is 1. The zero-order valence-electron chi connectivity index (χ0n) is 18.1. The highest BCUT2D eigenvalue weighted by atomic mass is 79.9. The van der Waals surface area contributed by atoms with Crippen LogP contribution in [0, 0.1) is 13.8 Å². The molecule has 0 N–H and O–H groups in total. The van der Waals surface area contributed by atoms with Crippen LogP contribution in [0.4, 0.5) is 5.69 Å². The Hall–Kier alpha value is -3.12. The van der Waals surface area contributed by atoms with Crippen molar-refractivity contribution in [1.82, 2.24) is 5.01 Å². The lowest BCUT2D eigenvalue weighted by Crippen LogP contribution is -2.56. The lowest BCUT2D eigenvalue weighted by molar-refractivity contribution is -0.163. The standard InChI is InChI=1S/C26H22BrN3O2/c1-15-4-7-17(8-5-15)21-14-23-19-13-18(27)9-11-24(19)32-26(30(23)28-21)20-12-16(2)6-10-22(20)29(3)25(26)31/h4-13,23H,14H2,1-3H3/t23-,26-/m0/s1. The number of hydrogen-bond acceptors (Lipinski definition) is 4. The van der Waals surface area contributed by atoms with Gasteiger partial charge in [0.05, 0.1) is 23.0 Å². The zero-order valence-corrected chi connectivity index (χ0v) is 19.7. The zero-order chi connectivity index (χ0) is 22.2. The van der Waals surface area contributed by atoms with Crippen molar-refractivity contribution >= 4 is 33.2 Å². The van der Waals surface area contributed by atoms with Gasteiger partial charge in [-0.05, 0) is 49.7 Å². The van der Waals surface area contributed by atoms with Gasteiger partial charge in [0, 0.05) is 23.5 Å². The highest BCUT2D eigenvalue weighted by Gasteiger charge is 2.62. The number of carbonyl (C=O) groups excluding carboxylic acids is 1. The molecule has 6 heteroatoms. The average Bonchev–Trinajstić information content (AvgIpc) is 3.31. The molecule has 3 aliphatic rings. The highest BCUT2D eigenvalue weighted by Crippen LogP contribution is 2.55. The summed E-state index contributed by atoms with van der Waals surface area (Å²) in [5, 5.41) is 6.95. The van der Waals surface area contributed by atoms with Crippen LogP contribution in [0.1, 0.15) is 40.3 Å². The molecule has 0 aromatic heterocycles. The summed E-state index contributed by atoms with van der Waals surface area (Å²) in [7, 11) is 1.81. The smallest absolute Gasteiger partial charge is 0.306 e. The maximum absolute atomic E-state index is 13.8. The van der Waals surface area contributed by atoms with E-state index in [1.54, 1.807) is 11.9 Å². The predicted octanol–water partition coefficient (Wildman–Crippen LogP) is 5.44. The molecule has 0 aliphatic carbocycles. The number of ether oxygens (including phenoxy) is 1. The van der Waals surface area contributed by atoms with Gasteiger partial charge in [-0.2, -0.15) is 5.10 Å².